The van der Waals surface area contributed by atoms with E-state index in [-0.39, 0.29) is 5.82 Å². The lowest BCUT2D eigenvalue weighted by Gasteiger charge is -2.36. The molecule has 1 unspecified atom stereocenters. The Balaban J connectivity index is 1.11. The van der Waals surface area contributed by atoms with E-state index in [0.717, 1.165) is 48.5 Å². The molecule has 3 aliphatic carbocycles. The Morgan fingerprint density at radius 1 is 0.711 bits per heavy atom. The van der Waals surface area contributed by atoms with Gasteiger partial charge in [0, 0.05) is 5.56 Å². The summed E-state index contributed by atoms with van der Waals surface area (Å²) in [4.78, 5) is 0. The molecule has 0 aromatic heterocycles. The highest BCUT2D eigenvalue weighted by atomic mass is 19.1. The van der Waals surface area contributed by atoms with E-state index in [0.29, 0.717) is 5.92 Å². The predicted octanol–water partition coefficient (Wildman–Crippen LogP) is 11.4. The molecular formula is C37H51F. The van der Waals surface area contributed by atoms with Gasteiger partial charge in [-0.05, 0) is 135 Å². The van der Waals surface area contributed by atoms with Gasteiger partial charge in [-0.3, -0.25) is 0 Å². The number of unbranched alkanes of at least 4 members (excludes halogenated alkanes) is 2. The third-order valence-electron chi connectivity index (χ3n) is 10.6. The van der Waals surface area contributed by atoms with E-state index in [1.54, 1.807) is 5.56 Å². The predicted molar refractivity (Wildman–Crippen MR) is 161 cm³/mol. The van der Waals surface area contributed by atoms with Gasteiger partial charge in [0.25, 0.3) is 0 Å². The van der Waals surface area contributed by atoms with Gasteiger partial charge in [0.2, 0.25) is 0 Å². The average molecular weight is 515 g/mol. The number of halogens is 1. The molecule has 2 aromatic carbocycles. The van der Waals surface area contributed by atoms with Gasteiger partial charge < -0.3 is 0 Å². The van der Waals surface area contributed by atoms with Crippen LogP contribution in [0.25, 0.3) is 5.57 Å². The smallest absolute Gasteiger partial charge is 0.130 e. The van der Waals surface area contributed by atoms with Gasteiger partial charge in [0.1, 0.15) is 5.82 Å². The van der Waals surface area contributed by atoms with E-state index < -0.39 is 0 Å². The standard InChI is InChI=1S/C37H51F/c1-3-5-6-7-28-10-14-33(15-11-28)35-24-25-36(37(38)26-35)34-22-20-32(21-23-34)31-18-16-30(17-19-31)29-12-8-27(4-2)9-13-29/h8-9,12-13,22,24-26,28,30-33H,3-7,10-11,14-21,23H2,1-2H3. The molecule has 0 aliphatic heterocycles. The van der Waals surface area contributed by atoms with Crippen LogP contribution in [0.15, 0.2) is 48.5 Å². The van der Waals surface area contributed by atoms with Crippen LogP contribution in [-0.2, 0) is 6.42 Å². The zero-order valence-electron chi connectivity index (χ0n) is 24.2. The number of hydrogen-bond acceptors (Lipinski definition) is 0. The summed E-state index contributed by atoms with van der Waals surface area (Å²) in [7, 11) is 0. The van der Waals surface area contributed by atoms with Crippen molar-refractivity contribution < 1.29 is 4.39 Å². The van der Waals surface area contributed by atoms with Gasteiger partial charge in [-0.25, -0.2) is 4.39 Å². The Morgan fingerprint density at radius 3 is 2.03 bits per heavy atom. The van der Waals surface area contributed by atoms with E-state index in [4.69, 9.17) is 0 Å². The first-order chi connectivity index (χ1) is 18.6. The van der Waals surface area contributed by atoms with Crippen molar-refractivity contribution in [3.8, 4) is 0 Å². The minimum absolute atomic E-state index is 0.0202. The topological polar surface area (TPSA) is 0 Å². The fourth-order valence-electron chi connectivity index (χ4n) is 7.99. The lowest BCUT2D eigenvalue weighted by atomic mass is 9.70. The summed E-state index contributed by atoms with van der Waals surface area (Å²) < 4.78 is 15.3. The lowest BCUT2D eigenvalue weighted by molar-refractivity contribution is 0.220. The first-order valence-corrected chi connectivity index (χ1v) is 16.2. The van der Waals surface area contributed by atoms with Gasteiger partial charge in [0.05, 0.1) is 0 Å². The van der Waals surface area contributed by atoms with Crippen LogP contribution < -0.4 is 0 Å². The monoisotopic (exact) mass is 514 g/mol. The van der Waals surface area contributed by atoms with Crippen molar-refractivity contribution in [3.05, 3.63) is 76.6 Å². The molecule has 0 amide bonds. The Morgan fingerprint density at radius 2 is 1.39 bits per heavy atom. The summed E-state index contributed by atoms with van der Waals surface area (Å²) in [6, 6.07) is 15.6. The van der Waals surface area contributed by atoms with Gasteiger partial charge in [-0.1, -0.05) is 82.0 Å². The van der Waals surface area contributed by atoms with Crippen LogP contribution in [0, 0.1) is 23.6 Å². The molecule has 0 N–H and O–H groups in total. The van der Waals surface area contributed by atoms with Crippen LogP contribution in [0.3, 0.4) is 0 Å². The largest absolute Gasteiger partial charge is 0.206 e. The molecule has 2 fully saturated rings. The summed E-state index contributed by atoms with van der Waals surface area (Å²) in [5.41, 5.74) is 6.37. The van der Waals surface area contributed by atoms with Crippen LogP contribution in [0.4, 0.5) is 4.39 Å². The summed E-state index contributed by atoms with van der Waals surface area (Å²) in [6.07, 6.45) is 22.9. The lowest BCUT2D eigenvalue weighted by Crippen LogP contribution is -2.22. The fourth-order valence-corrected chi connectivity index (χ4v) is 7.99. The summed E-state index contributed by atoms with van der Waals surface area (Å²) in [5.74, 6) is 3.87. The van der Waals surface area contributed by atoms with E-state index in [1.165, 1.54) is 100 Å². The van der Waals surface area contributed by atoms with Gasteiger partial charge in [0.15, 0.2) is 0 Å². The minimum atomic E-state index is 0.0202. The second-order valence-electron chi connectivity index (χ2n) is 12.9. The van der Waals surface area contributed by atoms with E-state index >= 15 is 4.39 Å². The van der Waals surface area contributed by atoms with Crippen molar-refractivity contribution in [2.45, 2.75) is 128 Å². The summed E-state index contributed by atoms with van der Waals surface area (Å²) in [5, 5.41) is 0. The minimum Gasteiger partial charge on any atom is -0.206 e. The molecule has 1 atom stereocenters. The highest BCUT2D eigenvalue weighted by Gasteiger charge is 2.30. The van der Waals surface area contributed by atoms with Crippen molar-refractivity contribution in [3.63, 3.8) is 0 Å². The Hall–Kier alpha value is -1.89. The highest BCUT2D eigenvalue weighted by Crippen LogP contribution is 2.44. The first kappa shape index (κ1) is 27.7. The number of aryl methyl sites for hydroxylation is 1. The summed E-state index contributed by atoms with van der Waals surface area (Å²) in [6.45, 7) is 4.52. The zero-order valence-corrected chi connectivity index (χ0v) is 24.2. The van der Waals surface area contributed by atoms with Crippen molar-refractivity contribution in [2.75, 3.05) is 0 Å². The number of hydrogen-bond donors (Lipinski definition) is 0. The highest BCUT2D eigenvalue weighted by molar-refractivity contribution is 5.67. The van der Waals surface area contributed by atoms with E-state index in [9.17, 15) is 0 Å². The number of rotatable bonds is 9. The Bertz CT molecular complexity index is 1030. The Labute approximate surface area is 232 Å². The van der Waals surface area contributed by atoms with Crippen molar-refractivity contribution >= 4 is 5.57 Å². The SMILES string of the molecule is CCCCCC1CCC(c2ccc(C3=CCC(C4CCC(c5ccc(CC)cc5)CC4)CC3)c(F)c2)CC1. The fraction of sp³-hybridized carbons (Fsp3) is 0.622. The zero-order chi connectivity index (χ0) is 26.3. The summed E-state index contributed by atoms with van der Waals surface area (Å²) >= 11 is 0. The molecule has 0 heterocycles. The molecule has 2 aromatic rings. The van der Waals surface area contributed by atoms with Crippen LogP contribution in [0.2, 0.25) is 0 Å². The third kappa shape index (κ3) is 6.81. The van der Waals surface area contributed by atoms with Gasteiger partial charge in [-0.15, -0.1) is 0 Å². The van der Waals surface area contributed by atoms with Crippen LogP contribution in [0.5, 0.6) is 0 Å². The molecule has 0 bridgehead atoms. The average Bonchev–Trinajstić information content (AvgIpc) is 2.98. The Kier molecular flexibility index (Phi) is 9.79. The maximum atomic E-state index is 15.3. The molecule has 5 rings (SSSR count). The molecule has 0 nitrogen and oxygen atoms in total. The number of benzene rings is 2. The molecule has 1 heteroatoms. The van der Waals surface area contributed by atoms with Crippen LogP contribution in [-0.4, -0.2) is 0 Å². The molecule has 38 heavy (non-hydrogen) atoms. The molecule has 0 spiro atoms. The van der Waals surface area contributed by atoms with Crippen molar-refractivity contribution in [1.29, 1.82) is 0 Å². The molecule has 0 saturated heterocycles. The second kappa shape index (κ2) is 13.5. The quantitative estimate of drug-likeness (QED) is 0.292. The van der Waals surface area contributed by atoms with Crippen LogP contribution in [0.1, 0.15) is 144 Å². The first-order valence-electron chi connectivity index (χ1n) is 16.2. The van der Waals surface area contributed by atoms with Crippen molar-refractivity contribution in [1.82, 2.24) is 0 Å². The van der Waals surface area contributed by atoms with E-state index in [1.807, 2.05) is 6.07 Å². The maximum absolute atomic E-state index is 15.3. The van der Waals surface area contributed by atoms with Gasteiger partial charge in [-0.2, -0.15) is 0 Å². The number of allylic oxidation sites excluding steroid dienone is 2. The third-order valence-corrected chi connectivity index (χ3v) is 10.6. The molecule has 0 radical (unpaired) electrons. The van der Waals surface area contributed by atoms with E-state index in [2.05, 4.69) is 56.3 Å². The molecule has 3 aliphatic rings. The second-order valence-corrected chi connectivity index (χ2v) is 12.9. The molecular weight excluding hydrogens is 463 g/mol. The van der Waals surface area contributed by atoms with Crippen LogP contribution >= 0.6 is 0 Å². The normalized spacial score (nSPS) is 28.2. The molecule has 2 saturated carbocycles. The van der Waals surface area contributed by atoms with Gasteiger partial charge >= 0.3 is 0 Å². The molecule has 206 valence electrons. The van der Waals surface area contributed by atoms with Crippen molar-refractivity contribution in [2.24, 2.45) is 17.8 Å². The maximum Gasteiger partial charge on any atom is 0.130 e.